The molecule has 1 heterocycles. The van der Waals surface area contributed by atoms with Crippen molar-refractivity contribution in [3.05, 3.63) is 106 Å². The topological polar surface area (TPSA) is 57.8 Å². The molecular formula is C23H19N3O. The van der Waals surface area contributed by atoms with Crippen LogP contribution in [0.5, 0.6) is 0 Å². The van der Waals surface area contributed by atoms with Gasteiger partial charge in [0, 0.05) is 11.9 Å². The first-order valence-electron chi connectivity index (χ1n) is 8.83. The molecule has 0 aliphatic rings. The molecule has 0 bridgehead atoms. The van der Waals surface area contributed by atoms with Crippen LogP contribution in [0.2, 0.25) is 0 Å². The predicted octanol–water partition coefficient (Wildman–Crippen LogP) is 4.71. The molecule has 27 heavy (non-hydrogen) atoms. The van der Waals surface area contributed by atoms with E-state index in [2.05, 4.69) is 64.1 Å². The first kappa shape index (κ1) is 16.8. The summed E-state index contributed by atoms with van der Waals surface area (Å²) in [6.07, 6.45) is 4.20. The molecule has 0 unspecified atom stereocenters. The number of aromatic nitrogens is 2. The quantitative estimate of drug-likeness (QED) is 0.511. The number of hydrogen-bond acceptors (Lipinski definition) is 3. The number of rotatable bonds is 5. The Balaban J connectivity index is 1.46. The van der Waals surface area contributed by atoms with Gasteiger partial charge in [-0.1, -0.05) is 84.9 Å². The summed E-state index contributed by atoms with van der Waals surface area (Å²) in [5.41, 5.74) is 3.30. The molecule has 2 N–H and O–H groups in total. The van der Waals surface area contributed by atoms with Gasteiger partial charge in [-0.05, 0) is 22.8 Å². The Hall–Kier alpha value is -3.66. The summed E-state index contributed by atoms with van der Waals surface area (Å²) in [6, 6.07) is 26.1. The molecular weight excluding hydrogens is 334 g/mol. The fourth-order valence-electron chi connectivity index (χ4n) is 2.94. The normalized spacial score (nSPS) is 11.1. The molecule has 1 aromatic heterocycles. The SMILES string of the molecule is O=c1[nH]nc(NCc2ccc(/C=C/c3ccccc3)cc2)c2ccccc12. The molecule has 132 valence electrons. The van der Waals surface area contributed by atoms with Gasteiger partial charge in [0.2, 0.25) is 0 Å². The summed E-state index contributed by atoms with van der Waals surface area (Å²) < 4.78 is 0. The smallest absolute Gasteiger partial charge is 0.272 e. The Labute approximate surface area is 157 Å². The summed E-state index contributed by atoms with van der Waals surface area (Å²) in [4.78, 5) is 11.9. The summed E-state index contributed by atoms with van der Waals surface area (Å²) in [7, 11) is 0. The van der Waals surface area contributed by atoms with Crippen LogP contribution in [-0.4, -0.2) is 10.2 Å². The first-order chi connectivity index (χ1) is 13.3. The number of hydrogen-bond donors (Lipinski definition) is 2. The minimum absolute atomic E-state index is 0.175. The lowest BCUT2D eigenvalue weighted by Crippen LogP contribution is -2.12. The molecule has 0 amide bonds. The zero-order chi connectivity index (χ0) is 18.5. The molecule has 4 heteroatoms. The van der Waals surface area contributed by atoms with E-state index in [9.17, 15) is 4.79 Å². The lowest BCUT2D eigenvalue weighted by atomic mass is 10.1. The molecule has 4 aromatic rings. The number of H-pyrrole nitrogens is 1. The Morgan fingerprint density at radius 2 is 1.41 bits per heavy atom. The van der Waals surface area contributed by atoms with E-state index >= 15 is 0 Å². The third-order valence-corrected chi connectivity index (χ3v) is 4.40. The van der Waals surface area contributed by atoms with E-state index in [0.717, 1.165) is 16.5 Å². The van der Waals surface area contributed by atoms with Crippen LogP contribution in [-0.2, 0) is 6.54 Å². The second-order valence-electron chi connectivity index (χ2n) is 6.29. The van der Waals surface area contributed by atoms with Gasteiger partial charge >= 0.3 is 0 Å². The average Bonchev–Trinajstić information content (AvgIpc) is 2.73. The van der Waals surface area contributed by atoms with Crippen molar-refractivity contribution in [3.8, 4) is 0 Å². The van der Waals surface area contributed by atoms with Crippen molar-refractivity contribution in [1.82, 2.24) is 10.2 Å². The molecule has 0 aliphatic heterocycles. The second-order valence-corrected chi connectivity index (χ2v) is 6.29. The second kappa shape index (κ2) is 7.70. The molecule has 0 saturated heterocycles. The van der Waals surface area contributed by atoms with Crippen molar-refractivity contribution in [1.29, 1.82) is 0 Å². The van der Waals surface area contributed by atoms with Gasteiger partial charge in [0.15, 0.2) is 5.82 Å². The Kier molecular flexibility index (Phi) is 4.79. The maximum absolute atomic E-state index is 11.9. The fraction of sp³-hybridized carbons (Fsp3) is 0.0435. The van der Waals surface area contributed by atoms with Crippen LogP contribution in [0.3, 0.4) is 0 Å². The van der Waals surface area contributed by atoms with Crippen LogP contribution >= 0.6 is 0 Å². The molecule has 0 atom stereocenters. The van der Waals surface area contributed by atoms with Crippen LogP contribution in [0.1, 0.15) is 16.7 Å². The summed E-state index contributed by atoms with van der Waals surface area (Å²) in [5, 5.41) is 11.5. The molecule has 0 radical (unpaired) electrons. The maximum Gasteiger partial charge on any atom is 0.272 e. The van der Waals surface area contributed by atoms with Gasteiger partial charge in [0.05, 0.1) is 5.39 Å². The van der Waals surface area contributed by atoms with Gasteiger partial charge in [-0.3, -0.25) is 4.79 Å². The van der Waals surface area contributed by atoms with Crippen LogP contribution in [0.25, 0.3) is 22.9 Å². The highest BCUT2D eigenvalue weighted by Crippen LogP contribution is 2.18. The first-order valence-corrected chi connectivity index (χ1v) is 8.83. The highest BCUT2D eigenvalue weighted by molar-refractivity contribution is 5.90. The van der Waals surface area contributed by atoms with Gasteiger partial charge in [-0.25, -0.2) is 5.10 Å². The molecule has 0 spiro atoms. The monoisotopic (exact) mass is 353 g/mol. The zero-order valence-electron chi connectivity index (χ0n) is 14.7. The van der Waals surface area contributed by atoms with Crippen molar-refractivity contribution in [2.24, 2.45) is 0 Å². The molecule has 4 nitrogen and oxygen atoms in total. The third kappa shape index (κ3) is 3.96. The van der Waals surface area contributed by atoms with Crippen LogP contribution in [0.4, 0.5) is 5.82 Å². The van der Waals surface area contributed by atoms with Gasteiger partial charge in [0.1, 0.15) is 0 Å². The summed E-state index contributed by atoms with van der Waals surface area (Å²) in [6.45, 7) is 0.631. The minimum Gasteiger partial charge on any atom is -0.364 e. The Bertz CT molecular complexity index is 1130. The highest BCUT2D eigenvalue weighted by atomic mass is 16.1. The number of anilines is 1. The van der Waals surface area contributed by atoms with E-state index in [-0.39, 0.29) is 5.56 Å². The summed E-state index contributed by atoms with van der Waals surface area (Å²) in [5.74, 6) is 0.679. The van der Waals surface area contributed by atoms with E-state index in [1.54, 1.807) is 6.07 Å². The van der Waals surface area contributed by atoms with Crippen molar-refractivity contribution in [2.45, 2.75) is 6.54 Å². The molecule has 0 aliphatic carbocycles. The fourth-order valence-corrected chi connectivity index (χ4v) is 2.94. The van der Waals surface area contributed by atoms with Crippen LogP contribution < -0.4 is 10.9 Å². The van der Waals surface area contributed by atoms with E-state index in [0.29, 0.717) is 17.7 Å². The number of nitrogens with one attached hydrogen (secondary N) is 2. The van der Waals surface area contributed by atoms with Crippen molar-refractivity contribution < 1.29 is 0 Å². The molecule has 3 aromatic carbocycles. The molecule has 4 rings (SSSR count). The maximum atomic E-state index is 11.9. The average molecular weight is 353 g/mol. The van der Waals surface area contributed by atoms with Crippen molar-refractivity contribution in [3.63, 3.8) is 0 Å². The van der Waals surface area contributed by atoms with Gasteiger partial charge in [-0.2, -0.15) is 5.10 Å². The minimum atomic E-state index is -0.175. The Morgan fingerprint density at radius 1 is 0.778 bits per heavy atom. The van der Waals surface area contributed by atoms with Crippen LogP contribution in [0.15, 0.2) is 83.7 Å². The van der Waals surface area contributed by atoms with Gasteiger partial charge in [-0.15, -0.1) is 0 Å². The van der Waals surface area contributed by atoms with Crippen molar-refractivity contribution in [2.75, 3.05) is 5.32 Å². The number of nitrogens with zero attached hydrogens (tertiary/aromatic N) is 1. The van der Waals surface area contributed by atoms with E-state index in [1.807, 2.05) is 36.4 Å². The Morgan fingerprint density at radius 3 is 2.15 bits per heavy atom. The van der Waals surface area contributed by atoms with Crippen molar-refractivity contribution >= 4 is 28.7 Å². The zero-order valence-corrected chi connectivity index (χ0v) is 14.7. The number of aromatic amines is 1. The third-order valence-electron chi connectivity index (χ3n) is 4.40. The molecule has 0 saturated carbocycles. The van der Waals surface area contributed by atoms with Gasteiger partial charge < -0.3 is 5.32 Å². The number of benzene rings is 3. The highest BCUT2D eigenvalue weighted by Gasteiger charge is 2.05. The molecule has 0 fully saturated rings. The summed E-state index contributed by atoms with van der Waals surface area (Å²) >= 11 is 0. The standard InChI is InChI=1S/C23H19N3O/c27-23-21-9-5-4-8-20(21)22(25-26-23)24-16-19-14-12-18(13-15-19)11-10-17-6-2-1-3-7-17/h1-15H,16H2,(H,24,25)(H,26,27)/b11-10+. The lowest BCUT2D eigenvalue weighted by Gasteiger charge is -2.08. The lowest BCUT2D eigenvalue weighted by molar-refractivity contribution is 0.988. The van der Waals surface area contributed by atoms with Crippen LogP contribution in [0, 0.1) is 0 Å². The van der Waals surface area contributed by atoms with E-state index < -0.39 is 0 Å². The van der Waals surface area contributed by atoms with Gasteiger partial charge in [0.25, 0.3) is 5.56 Å². The van der Waals surface area contributed by atoms with E-state index in [4.69, 9.17) is 0 Å². The largest absolute Gasteiger partial charge is 0.364 e. The number of fused-ring (bicyclic) bond motifs is 1. The van der Waals surface area contributed by atoms with E-state index in [1.165, 1.54) is 5.56 Å². The predicted molar refractivity (Wildman–Crippen MR) is 112 cm³/mol.